The quantitative estimate of drug-likeness (QED) is 0.766. The molecule has 2 rings (SSSR count). The van der Waals surface area contributed by atoms with Gasteiger partial charge in [0.15, 0.2) is 0 Å². The van der Waals surface area contributed by atoms with Crippen LogP contribution in [0.25, 0.3) is 5.78 Å². The number of amides is 2. The van der Waals surface area contributed by atoms with Crippen molar-refractivity contribution in [2.45, 2.75) is 13.8 Å². The lowest BCUT2D eigenvalue weighted by Gasteiger charge is -2.03. The number of urea groups is 1. The highest BCUT2D eigenvalue weighted by molar-refractivity contribution is 5.88. The molecule has 0 aromatic carbocycles. The Hall–Kier alpha value is -2.11. The van der Waals surface area contributed by atoms with Gasteiger partial charge in [0.2, 0.25) is 5.78 Å². The molecule has 0 saturated carbocycles. The molecular weight excluding hydrogens is 206 g/mol. The molecule has 0 radical (unpaired) electrons. The van der Waals surface area contributed by atoms with Gasteiger partial charge in [0.1, 0.15) is 0 Å². The van der Waals surface area contributed by atoms with E-state index in [0.29, 0.717) is 11.5 Å². The summed E-state index contributed by atoms with van der Waals surface area (Å²) in [6.07, 6.45) is 6.70. The van der Waals surface area contributed by atoms with Crippen LogP contribution in [0.3, 0.4) is 0 Å². The largest absolute Gasteiger partial charge is 0.341 e. The maximum absolute atomic E-state index is 11.0. The Balaban J connectivity index is 0.000000606. The van der Waals surface area contributed by atoms with Crippen LogP contribution in [-0.4, -0.2) is 27.4 Å². The van der Waals surface area contributed by atoms with Crippen molar-refractivity contribution in [2.24, 2.45) is 0 Å². The third-order valence-corrected chi connectivity index (χ3v) is 1.73. The lowest BCUT2D eigenvalue weighted by molar-refractivity contribution is 0.254. The molecule has 0 unspecified atom stereocenters. The fourth-order valence-electron chi connectivity index (χ4n) is 1.07. The number of carbonyl (C=O) groups is 1. The maximum atomic E-state index is 11.0. The van der Waals surface area contributed by atoms with Gasteiger partial charge in [-0.3, -0.25) is 4.40 Å². The molecule has 2 aromatic heterocycles. The molecule has 0 fully saturated rings. The van der Waals surface area contributed by atoms with Crippen LogP contribution in [0.5, 0.6) is 0 Å². The lowest BCUT2D eigenvalue weighted by Crippen LogP contribution is -2.24. The molecule has 0 saturated heterocycles. The van der Waals surface area contributed by atoms with E-state index in [0.717, 1.165) is 0 Å². The predicted molar refractivity (Wildman–Crippen MR) is 62.4 cm³/mol. The third kappa shape index (κ3) is 2.69. The van der Waals surface area contributed by atoms with E-state index in [-0.39, 0.29) is 6.03 Å². The van der Waals surface area contributed by atoms with Gasteiger partial charge in [0.05, 0.1) is 11.9 Å². The number of carbonyl (C=O) groups excluding carboxylic acids is 1. The zero-order valence-electron chi connectivity index (χ0n) is 9.56. The average Bonchev–Trinajstić information content (AvgIpc) is 2.79. The Morgan fingerprint density at radius 1 is 1.38 bits per heavy atom. The van der Waals surface area contributed by atoms with E-state index in [1.807, 2.05) is 13.8 Å². The smallest absolute Gasteiger partial charge is 0.319 e. The molecule has 6 nitrogen and oxygen atoms in total. The Morgan fingerprint density at radius 2 is 2.12 bits per heavy atom. The van der Waals surface area contributed by atoms with Gasteiger partial charge in [-0.2, -0.15) is 0 Å². The summed E-state index contributed by atoms with van der Waals surface area (Å²) in [5.41, 5.74) is 0.620. The highest BCUT2D eigenvalue weighted by atomic mass is 16.2. The molecule has 6 heteroatoms. The molecule has 16 heavy (non-hydrogen) atoms. The zero-order chi connectivity index (χ0) is 12.0. The van der Waals surface area contributed by atoms with Gasteiger partial charge in [-0.25, -0.2) is 14.8 Å². The summed E-state index contributed by atoms with van der Waals surface area (Å²) in [6.45, 7) is 4.00. The molecule has 0 bridgehead atoms. The van der Waals surface area contributed by atoms with Gasteiger partial charge < -0.3 is 10.6 Å². The lowest BCUT2D eigenvalue weighted by atomic mass is 10.5. The number of nitrogens with zero attached hydrogens (tertiary/aromatic N) is 3. The van der Waals surface area contributed by atoms with Crippen LogP contribution in [0.2, 0.25) is 0 Å². The summed E-state index contributed by atoms with van der Waals surface area (Å²) in [6, 6.07) is -0.272. The van der Waals surface area contributed by atoms with E-state index < -0.39 is 0 Å². The zero-order valence-corrected chi connectivity index (χ0v) is 9.56. The first-order valence-corrected chi connectivity index (χ1v) is 5.07. The minimum Gasteiger partial charge on any atom is -0.341 e. The number of aromatic nitrogens is 3. The predicted octanol–water partition coefficient (Wildman–Crippen LogP) is 1.51. The van der Waals surface area contributed by atoms with Gasteiger partial charge in [0, 0.05) is 25.6 Å². The Labute approximate surface area is 93.7 Å². The number of rotatable bonds is 1. The number of fused-ring (bicyclic) bond motifs is 1. The standard InChI is InChI=1S/C8H9N5O.C2H6/c1-9-8(14)12-6-4-11-7-10-2-3-13(7)5-6;1-2/h2-5H,1H3,(H2,9,12,14);1-2H3. The molecular formula is C10H15N5O. The fourth-order valence-corrected chi connectivity index (χ4v) is 1.07. The highest BCUT2D eigenvalue weighted by Gasteiger charge is 2.00. The number of imidazole rings is 1. The van der Waals surface area contributed by atoms with Crippen molar-refractivity contribution in [3.8, 4) is 0 Å². The highest BCUT2D eigenvalue weighted by Crippen LogP contribution is 2.05. The summed E-state index contributed by atoms with van der Waals surface area (Å²) in [7, 11) is 1.55. The molecule has 2 N–H and O–H groups in total. The van der Waals surface area contributed by atoms with E-state index >= 15 is 0 Å². The third-order valence-electron chi connectivity index (χ3n) is 1.73. The molecule has 2 heterocycles. The molecule has 0 atom stereocenters. The Kier molecular flexibility index (Phi) is 4.26. The number of anilines is 1. The van der Waals surface area contributed by atoms with E-state index in [4.69, 9.17) is 0 Å². The minimum absolute atomic E-state index is 0.272. The van der Waals surface area contributed by atoms with Gasteiger partial charge >= 0.3 is 6.03 Å². The topological polar surface area (TPSA) is 71.3 Å². The SMILES string of the molecule is CC.CNC(=O)Nc1cnc2nccn2c1. The number of nitrogens with one attached hydrogen (secondary N) is 2. The van der Waals surface area contributed by atoms with E-state index in [1.165, 1.54) is 0 Å². The molecule has 2 amide bonds. The van der Waals surface area contributed by atoms with Crippen LogP contribution >= 0.6 is 0 Å². The normalized spacial score (nSPS) is 9.19. The summed E-state index contributed by atoms with van der Waals surface area (Å²) in [4.78, 5) is 19.0. The van der Waals surface area contributed by atoms with Crippen LogP contribution in [0, 0.1) is 0 Å². The average molecular weight is 221 g/mol. The monoisotopic (exact) mass is 221 g/mol. The molecule has 0 aliphatic heterocycles. The van der Waals surface area contributed by atoms with Crippen LogP contribution in [0.1, 0.15) is 13.8 Å². The Morgan fingerprint density at radius 3 is 2.81 bits per heavy atom. The summed E-state index contributed by atoms with van der Waals surface area (Å²) >= 11 is 0. The minimum atomic E-state index is -0.272. The van der Waals surface area contributed by atoms with E-state index in [2.05, 4.69) is 20.6 Å². The van der Waals surface area contributed by atoms with Crippen molar-refractivity contribution in [3.63, 3.8) is 0 Å². The first kappa shape index (κ1) is 12.0. The fraction of sp³-hybridized carbons (Fsp3) is 0.300. The first-order valence-electron chi connectivity index (χ1n) is 5.07. The van der Waals surface area contributed by atoms with Crippen LogP contribution in [0.4, 0.5) is 10.5 Å². The van der Waals surface area contributed by atoms with Crippen molar-refractivity contribution in [2.75, 3.05) is 12.4 Å². The second-order valence-corrected chi connectivity index (χ2v) is 2.68. The van der Waals surface area contributed by atoms with Gasteiger partial charge in [-0.1, -0.05) is 13.8 Å². The van der Waals surface area contributed by atoms with Crippen molar-refractivity contribution in [1.82, 2.24) is 19.7 Å². The summed E-state index contributed by atoms with van der Waals surface area (Å²) < 4.78 is 1.73. The molecule has 86 valence electrons. The van der Waals surface area contributed by atoms with E-state index in [1.54, 1.807) is 36.2 Å². The molecule has 0 aliphatic rings. The Bertz CT molecular complexity index is 465. The maximum Gasteiger partial charge on any atom is 0.319 e. The van der Waals surface area contributed by atoms with Crippen LogP contribution in [0.15, 0.2) is 24.8 Å². The second-order valence-electron chi connectivity index (χ2n) is 2.68. The molecule has 0 aliphatic carbocycles. The van der Waals surface area contributed by atoms with Crippen molar-refractivity contribution < 1.29 is 4.79 Å². The van der Waals surface area contributed by atoms with Gasteiger partial charge in [0.25, 0.3) is 0 Å². The second kappa shape index (κ2) is 5.69. The number of hydrogen-bond acceptors (Lipinski definition) is 3. The van der Waals surface area contributed by atoms with E-state index in [9.17, 15) is 4.79 Å². The number of hydrogen-bond donors (Lipinski definition) is 2. The van der Waals surface area contributed by atoms with Gasteiger partial charge in [-0.05, 0) is 0 Å². The summed E-state index contributed by atoms with van der Waals surface area (Å²) in [5.74, 6) is 0.604. The molecule has 0 spiro atoms. The first-order chi connectivity index (χ1) is 7.79. The van der Waals surface area contributed by atoms with Gasteiger partial charge in [-0.15, -0.1) is 0 Å². The summed E-state index contributed by atoms with van der Waals surface area (Å²) in [5, 5.41) is 5.06. The van der Waals surface area contributed by atoms with Crippen LogP contribution < -0.4 is 10.6 Å². The van der Waals surface area contributed by atoms with Crippen molar-refractivity contribution >= 4 is 17.5 Å². The van der Waals surface area contributed by atoms with Crippen molar-refractivity contribution in [1.29, 1.82) is 0 Å². The van der Waals surface area contributed by atoms with Crippen molar-refractivity contribution in [3.05, 3.63) is 24.8 Å². The van der Waals surface area contributed by atoms with Crippen LogP contribution in [-0.2, 0) is 0 Å². The molecule has 2 aromatic rings.